The molecule has 5 nitrogen and oxygen atoms in total. The van der Waals surface area contributed by atoms with Gasteiger partial charge >= 0.3 is 5.91 Å². The molecular formula is C9H7N4OS+. The molecule has 0 bridgehead atoms. The van der Waals surface area contributed by atoms with Gasteiger partial charge < -0.3 is 4.57 Å². The van der Waals surface area contributed by atoms with Crippen LogP contribution in [0.5, 0.6) is 0 Å². The zero-order chi connectivity index (χ0) is 10.7. The number of carbonyl (C=O) groups is 1. The van der Waals surface area contributed by atoms with E-state index in [0.717, 1.165) is 5.00 Å². The van der Waals surface area contributed by atoms with Crippen LogP contribution < -0.4 is 4.91 Å². The van der Waals surface area contributed by atoms with Crippen LogP contribution in [0.15, 0.2) is 41.1 Å². The third-order valence-electron chi connectivity index (χ3n) is 1.85. The van der Waals surface area contributed by atoms with Gasteiger partial charge in [-0.2, -0.15) is 0 Å². The van der Waals surface area contributed by atoms with Crippen LogP contribution in [-0.2, 0) is 0 Å². The smallest absolute Gasteiger partial charge is 0.315 e. The minimum atomic E-state index is -0.491. The van der Waals surface area contributed by atoms with Gasteiger partial charge in [-0.05, 0) is 23.6 Å². The molecule has 1 N–H and O–H groups in total. The van der Waals surface area contributed by atoms with Gasteiger partial charge in [0.15, 0.2) is 0 Å². The van der Waals surface area contributed by atoms with Gasteiger partial charge in [0.05, 0.1) is 5.56 Å². The highest BCUT2D eigenvalue weighted by Crippen LogP contribution is 2.22. The number of amides is 1. The SMILES string of the molecule is N=[N+]=NC(=O)c1ccsc1-n1cccc1. The predicted molar refractivity (Wildman–Crippen MR) is 55.3 cm³/mol. The number of hydrogen-bond acceptors (Lipinski definition) is 3. The first-order valence-electron chi connectivity index (χ1n) is 4.15. The van der Waals surface area contributed by atoms with Gasteiger partial charge in [0.25, 0.3) is 0 Å². The number of nitrogens with one attached hydrogen (secondary N) is 1. The third kappa shape index (κ3) is 1.76. The molecule has 0 saturated heterocycles. The lowest BCUT2D eigenvalue weighted by atomic mass is 10.3. The summed E-state index contributed by atoms with van der Waals surface area (Å²) in [7, 11) is 0. The molecule has 2 heterocycles. The molecule has 2 aromatic rings. The van der Waals surface area contributed by atoms with Gasteiger partial charge in [-0.1, -0.05) is 0 Å². The molecule has 0 unspecified atom stereocenters. The first kappa shape index (κ1) is 9.51. The van der Waals surface area contributed by atoms with Gasteiger partial charge in [0.2, 0.25) is 10.0 Å². The number of carbonyl (C=O) groups excluding carboxylic acids is 1. The highest BCUT2D eigenvalue weighted by molar-refractivity contribution is 7.13. The fourth-order valence-corrected chi connectivity index (χ4v) is 2.09. The second kappa shape index (κ2) is 4.00. The van der Waals surface area contributed by atoms with Crippen LogP contribution in [0.3, 0.4) is 0 Å². The maximum absolute atomic E-state index is 11.4. The first-order valence-corrected chi connectivity index (χ1v) is 5.03. The Labute approximate surface area is 89.2 Å². The number of thiophene rings is 1. The summed E-state index contributed by atoms with van der Waals surface area (Å²) in [4.78, 5) is 14.2. The van der Waals surface area contributed by atoms with E-state index in [1.54, 1.807) is 6.07 Å². The molecule has 0 atom stereocenters. The highest BCUT2D eigenvalue weighted by Gasteiger charge is 2.16. The number of rotatable bonds is 2. The van der Waals surface area contributed by atoms with E-state index in [1.165, 1.54) is 11.3 Å². The Balaban J connectivity index is 2.47. The molecule has 2 rings (SSSR count). The Kier molecular flexibility index (Phi) is 2.53. The maximum Gasteiger partial charge on any atom is 0.363 e. The highest BCUT2D eigenvalue weighted by atomic mass is 32.1. The Morgan fingerprint density at radius 1 is 1.47 bits per heavy atom. The van der Waals surface area contributed by atoms with Gasteiger partial charge in [0, 0.05) is 12.4 Å². The quantitative estimate of drug-likeness (QED) is 0.610. The first-order chi connectivity index (χ1) is 7.33. The fourth-order valence-electron chi connectivity index (χ4n) is 1.23. The molecule has 0 fully saturated rings. The van der Waals surface area contributed by atoms with E-state index in [2.05, 4.69) is 10.0 Å². The van der Waals surface area contributed by atoms with Crippen LogP contribution in [0, 0.1) is 5.53 Å². The van der Waals surface area contributed by atoms with E-state index < -0.39 is 5.91 Å². The standard InChI is InChI=1S/C9H7N4OS/c10-12-11-8(14)7-3-6-15-9(7)13-4-1-2-5-13/h1-6,10H/q+1. The maximum atomic E-state index is 11.4. The zero-order valence-corrected chi connectivity index (χ0v) is 8.44. The minimum Gasteiger partial charge on any atom is -0.315 e. The molecule has 0 saturated carbocycles. The topological polar surface area (TPSA) is 72.3 Å². The van der Waals surface area contributed by atoms with E-state index in [9.17, 15) is 4.79 Å². The van der Waals surface area contributed by atoms with Crippen molar-refractivity contribution in [2.75, 3.05) is 0 Å². The third-order valence-corrected chi connectivity index (χ3v) is 2.78. The van der Waals surface area contributed by atoms with Crippen molar-refractivity contribution in [3.8, 4) is 5.00 Å². The van der Waals surface area contributed by atoms with Crippen molar-refractivity contribution in [3.05, 3.63) is 41.5 Å². The summed E-state index contributed by atoms with van der Waals surface area (Å²) in [6.07, 6.45) is 3.70. The summed E-state index contributed by atoms with van der Waals surface area (Å²) in [5, 5.41) is 5.78. The molecule has 0 aliphatic heterocycles. The van der Waals surface area contributed by atoms with Crippen molar-refractivity contribution >= 4 is 17.2 Å². The van der Waals surface area contributed by atoms with E-state index in [0.29, 0.717) is 5.56 Å². The Bertz CT molecular complexity index is 522. The monoisotopic (exact) mass is 219 g/mol. The number of hydrogen-bond donors (Lipinski definition) is 1. The fraction of sp³-hybridized carbons (Fsp3) is 0. The molecule has 0 aliphatic rings. The number of aromatic nitrogens is 1. The van der Waals surface area contributed by atoms with Gasteiger partial charge in [-0.15, -0.1) is 11.3 Å². The summed E-state index contributed by atoms with van der Waals surface area (Å²) in [6.45, 7) is 0. The molecule has 0 spiro atoms. The normalized spacial score (nSPS) is 9.60. The molecule has 15 heavy (non-hydrogen) atoms. The lowest BCUT2D eigenvalue weighted by molar-refractivity contribution is 0.0992. The summed E-state index contributed by atoms with van der Waals surface area (Å²) < 4.78 is 1.83. The van der Waals surface area contributed by atoms with Crippen LogP contribution >= 0.6 is 11.3 Å². The Morgan fingerprint density at radius 3 is 2.87 bits per heavy atom. The van der Waals surface area contributed by atoms with E-state index in [-0.39, 0.29) is 0 Å². The number of nitrogens with zero attached hydrogens (tertiary/aromatic N) is 3. The van der Waals surface area contributed by atoms with Crippen molar-refractivity contribution < 1.29 is 4.79 Å². The zero-order valence-electron chi connectivity index (χ0n) is 7.62. The van der Waals surface area contributed by atoms with Gasteiger partial charge in [-0.25, -0.2) is 0 Å². The van der Waals surface area contributed by atoms with Crippen molar-refractivity contribution in [2.24, 2.45) is 5.11 Å². The molecule has 2 aromatic heterocycles. The second-order valence-electron chi connectivity index (χ2n) is 2.73. The van der Waals surface area contributed by atoms with Crippen molar-refractivity contribution in [1.29, 1.82) is 5.53 Å². The second-order valence-corrected chi connectivity index (χ2v) is 3.63. The lowest BCUT2D eigenvalue weighted by Crippen LogP contribution is -1.98. The average molecular weight is 219 g/mol. The van der Waals surface area contributed by atoms with E-state index in [4.69, 9.17) is 5.53 Å². The predicted octanol–water partition coefficient (Wildman–Crippen LogP) is 2.23. The van der Waals surface area contributed by atoms with Crippen molar-refractivity contribution in [1.82, 2.24) is 9.48 Å². The van der Waals surface area contributed by atoms with Gasteiger partial charge in [-0.3, -0.25) is 4.79 Å². The van der Waals surface area contributed by atoms with Crippen LogP contribution in [0.4, 0.5) is 0 Å². The molecule has 74 valence electrons. The van der Waals surface area contributed by atoms with Crippen molar-refractivity contribution in [2.45, 2.75) is 0 Å². The minimum absolute atomic E-state index is 0.465. The summed E-state index contributed by atoms with van der Waals surface area (Å²) in [6, 6.07) is 5.43. The molecule has 0 radical (unpaired) electrons. The summed E-state index contributed by atoms with van der Waals surface area (Å²) in [5.41, 5.74) is 6.98. The Hall–Kier alpha value is -2.04. The Morgan fingerprint density at radius 2 is 2.20 bits per heavy atom. The summed E-state index contributed by atoms with van der Waals surface area (Å²) >= 11 is 1.44. The van der Waals surface area contributed by atoms with Crippen LogP contribution in [0.2, 0.25) is 0 Å². The summed E-state index contributed by atoms with van der Waals surface area (Å²) in [5.74, 6) is -0.491. The average Bonchev–Trinajstić information content (AvgIpc) is 2.88. The van der Waals surface area contributed by atoms with Gasteiger partial charge in [0.1, 0.15) is 10.5 Å². The van der Waals surface area contributed by atoms with Crippen LogP contribution in [0.1, 0.15) is 10.4 Å². The van der Waals surface area contributed by atoms with Crippen LogP contribution in [-0.4, -0.2) is 10.5 Å². The van der Waals surface area contributed by atoms with E-state index in [1.807, 2.05) is 34.5 Å². The molecular weight excluding hydrogens is 212 g/mol. The molecule has 1 amide bonds. The van der Waals surface area contributed by atoms with Crippen molar-refractivity contribution in [3.63, 3.8) is 0 Å². The molecule has 6 heteroatoms. The van der Waals surface area contributed by atoms with E-state index >= 15 is 0 Å². The molecule has 0 aromatic carbocycles. The molecule has 0 aliphatic carbocycles. The lowest BCUT2D eigenvalue weighted by Gasteiger charge is -1.98. The largest absolute Gasteiger partial charge is 0.363 e. The van der Waals surface area contributed by atoms with Crippen LogP contribution in [0.25, 0.3) is 5.00 Å².